The fraction of sp³-hybridized carbons (Fsp3) is 0.357. The number of carbonyl (C=O) groups excluding carboxylic acids is 1. The van der Waals surface area contributed by atoms with Gasteiger partial charge in [0.2, 0.25) is 0 Å². The molecule has 1 saturated heterocycles. The van der Waals surface area contributed by atoms with Crippen molar-refractivity contribution in [3.63, 3.8) is 0 Å². The van der Waals surface area contributed by atoms with Gasteiger partial charge < -0.3 is 15.0 Å². The van der Waals surface area contributed by atoms with Gasteiger partial charge in [0.25, 0.3) is 0 Å². The van der Waals surface area contributed by atoms with Gasteiger partial charge in [0.1, 0.15) is 11.9 Å². The van der Waals surface area contributed by atoms with Crippen LogP contribution in [-0.4, -0.2) is 62.3 Å². The van der Waals surface area contributed by atoms with Gasteiger partial charge in [-0.1, -0.05) is 25.1 Å². The van der Waals surface area contributed by atoms with Crippen LogP contribution in [0.2, 0.25) is 0 Å². The number of nitrogens with one attached hydrogen (secondary N) is 2. The first-order chi connectivity index (χ1) is 18.0. The summed E-state index contributed by atoms with van der Waals surface area (Å²) in [6, 6.07) is 8.07. The summed E-state index contributed by atoms with van der Waals surface area (Å²) in [5.74, 6) is 1.78. The number of nitrogens with zero attached hydrogens (tertiary/aromatic N) is 5. The molecule has 0 spiro atoms. The summed E-state index contributed by atoms with van der Waals surface area (Å²) >= 11 is 0. The average Bonchev–Trinajstić information content (AvgIpc) is 3.65. The predicted octanol–water partition coefficient (Wildman–Crippen LogP) is 4.44. The molecule has 3 aromatic rings. The van der Waals surface area contributed by atoms with Gasteiger partial charge in [0, 0.05) is 55.4 Å². The van der Waals surface area contributed by atoms with E-state index in [0.29, 0.717) is 24.8 Å². The Bertz CT molecular complexity index is 1360. The van der Waals surface area contributed by atoms with E-state index in [4.69, 9.17) is 9.72 Å². The molecule has 2 atom stereocenters. The van der Waals surface area contributed by atoms with Crippen LogP contribution in [0.25, 0.3) is 17.0 Å². The van der Waals surface area contributed by atoms with Crippen molar-refractivity contribution in [1.29, 1.82) is 0 Å². The Kier molecular flexibility index (Phi) is 6.21. The van der Waals surface area contributed by atoms with E-state index < -0.39 is 0 Å². The molecule has 3 aliphatic rings. The second kappa shape index (κ2) is 9.82. The number of hydrogen-bond acceptors (Lipinski definition) is 7. The Labute approximate surface area is 216 Å². The first kappa shape index (κ1) is 23.4. The van der Waals surface area contributed by atoms with E-state index in [1.54, 1.807) is 11.1 Å². The molecule has 1 aromatic carbocycles. The molecule has 0 saturated carbocycles. The van der Waals surface area contributed by atoms with E-state index in [1.165, 1.54) is 5.57 Å². The lowest BCUT2D eigenvalue weighted by Gasteiger charge is -2.22. The lowest BCUT2D eigenvalue weighted by molar-refractivity contribution is 0.0660. The summed E-state index contributed by atoms with van der Waals surface area (Å²) in [6.45, 7) is 5.10. The van der Waals surface area contributed by atoms with Crippen molar-refractivity contribution in [2.75, 3.05) is 25.5 Å². The van der Waals surface area contributed by atoms with Gasteiger partial charge in [0.05, 0.1) is 6.20 Å². The molecule has 6 rings (SSSR count). The molecule has 9 heteroatoms. The van der Waals surface area contributed by atoms with Gasteiger partial charge >= 0.3 is 6.09 Å². The van der Waals surface area contributed by atoms with E-state index in [1.807, 2.05) is 24.5 Å². The fourth-order valence-corrected chi connectivity index (χ4v) is 5.35. The summed E-state index contributed by atoms with van der Waals surface area (Å²) in [6.07, 6.45) is 11.3. The molecular formula is C28H31N7O2. The number of rotatable bonds is 5. The van der Waals surface area contributed by atoms with Crippen molar-refractivity contribution in [3.05, 3.63) is 77.4 Å². The molecule has 0 bridgehead atoms. The summed E-state index contributed by atoms with van der Waals surface area (Å²) in [5, 5.41) is 10.4. The highest BCUT2D eigenvalue weighted by atomic mass is 16.6. The molecule has 2 aromatic heterocycles. The van der Waals surface area contributed by atoms with Crippen LogP contribution in [-0.2, 0) is 17.8 Å². The van der Waals surface area contributed by atoms with Crippen LogP contribution >= 0.6 is 0 Å². The number of anilines is 1. The Morgan fingerprint density at radius 1 is 1.16 bits per heavy atom. The van der Waals surface area contributed by atoms with Crippen molar-refractivity contribution >= 4 is 17.5 Å². The zero-order chi connectivity index (χ0) is 25.4. The highest BCUT2D eigenvalue weighted by molar-refractivity contribution is 5.71. The number of ether oxygens (including phenoxy) is 1. The van der Waals surface area contributed by atoms with Crippen LogP contribution in [0.4, 0.5) is 10.6 Å². The van der Waals surface area contributed by atoms with E-state index in [0.717, 1.165) is 59.7 Å². The van der Waals surface area contributed by atoms with E-state index in [-0.39, 0.29) is 12.2 Å². The number of H-pyrrole nitrogens is 1. The number of likely N-dealkylation sites (tertiary alicyclic amines) is 1. The summed E-state index contributed by atoms with van der Waals surface area (Å²) in [7, 11) is 2.05. The smallest absolute Gasteiger partial charge is 0.410 e. The molecule has 190 valence electrons. The third kappa shape index (κ3) is 4.99. The van der Waals surface area contributed by atoms with Crippen molar-refractivity contribution < 1.29 is 9.53 Å². The largest absolute Gasteiger partial charge is 0.445 e. The molecular weight excluding hydrogens is 466 g/mol. The van der Waals surface area contributed by atoms with E-state index >= 15 is 0 Å². The maximum Gasteiger partial charge on any atom is 0.410 e. The maximum absolute atomic E-state index is 12.7. The second-order valence-electron chi connectivity index (χ2n) is 10.2. The molecule has 2 aliphatic heterocycles. The highest BCUT2D eigenvalue weighted by Gasteiger charge is 2.29. The van der Waals surface area contributed by atoms with Crippen molar-refractivity contribution in [1.82, 2.24) is 30.0 Å². The number of benzene rings is 1. The van der Waals surface area contributed by atoms with Gasteiger partial charge in [-0.25, -0.2) is 14.8 Å². The number of allylic oxidation sites excluding steroid dienone is 4. The number of fused-ring (bicyclic) bond motifs is 1. The Balaban J connectivity index is 1.13. The zero-order valence-electron chi connectivity index (χ0n) is 21.1. The van der Waals surface area contributed by atoms with Crippen LogP contribution in [0.3, 0.4) is 0 Å². The van der Waals surface area contributed by atoms with Crippen molar-refractivity contribution in [2.24, 2.45) is 5.92 Å². The highest BCUT2D eigenvalue weighted by Crippen LogP contribution is 2.33. The van der Waals surface area contributed by atoms with Crippen LogP contribution in [0.15, 0.2) is 60.7 Å². The average molecular weight is 498 g/mol. The third-order valence-electron chi connectivity index (χ3n) is 7.36. The molecule has 4 heterocycles. The molecule has 1 aliphatic carbocycles. The number of aromatic amines is 1. The van der Waals surface area contributed by atoms with Crippen molar-refractivity contribution in [2.45, 2.75) is 39.0 Å². The van der Waals surface area contributed by atoms with Gasteiger partial charge in [-0.05, 0) is 60.7 Å². The number of hydrogen-bond donors (Lipinski definition) is 2. The second-order valence-corrected chi connectivity index (χ2v) is 10.2. The lowest BCUT2D eigenvalue weighted by atomic mass is 9.88. The minimum atomic E-state index is -0.236. The number of likely N-dealkylation sites (N-methyl/N-ethyl adjacent to an activating group) is 1. The number of amides is 1. The van der Waals surface area contributed by atoms with Crippen molar-refractivity contribution in [3.8, 4) is 11.4 Å². The van der Waals surface area contributed by atoms with Crippen LogP contribution in [0, 0.1) is 5.92 Å². The number of aromatic nitrogens is 4. The molecule has 9 nitrogen and oxygen atoms in total. The molecule has 1 amide bonds. The third-order valence-corrected chi connectivity index (χ3v) is 7.36. The predicted molar refractivity (Wildman–Crippen MR) is 141 cm³/mol. The van der Waals surface area contributed by atoms with E-state index in [9.17, 15) is 4.79 Å². The van der Waals surface area contributed by atoms with Gasteiger partial charge in [-0.2, -0.15) is 5.10 Å². The normalized spacial score (nSPS) is 21.4. The molecule has 2 unspecified atom stereocenters. The first-order valence-corrected chi connectivity index (χ1v) is 12.8. The summed E-state index contributed by atoms with van der Waals surface area (Å²) < 4.78 is 5.73. The molecule has 2 N–H and O–H groups in total. The minimum Gasteiger partial charge on any atom is -0.445 e. The minimum absolute atomic E-state index is 0.0181. The Morgan fingerprint density at radius 3 is 2.84 bits per heavy atom. The molecule has 37 heavy (non-hydrogen) atoms. The molecule has 0 radical (unpaired) electrons. The van der Waals surface area contributed by atoms with Crippen LogP contribution in [0.5, 0.6) is 0 Å². The lowest BCUT2D eigenvalue weighted by Crippen LogP contribution is -2.31. The maximum atomic E-state index is 12.7. The SMILES string of the molecule is CC1CC(Nc2ccnc(-c3ccc4c(c3)CN(C(=O)OC3CCN(C)C3)C4)n2)=CC=C1c1cn[nH]c1. The van der Waals surface area contributed by atoms with Gasteiger partial charge in [-0.3, -0.25) is 10.00 Å². The fourth-order valence-electron chi connectivity index (χ4n) is 5.35. The van der Waals surface area contributed by atoms with Crippen LogP contribution < -0.4 is 5.32 Å². The number of carbonyl (C=O) groups is 1. The standard InChI is InChI=1S/C28H31N7O2/c1-18-11-23(5-6-25(18)22-13-30-31-14-22)32-26-7-9-29-27(33-26)19-3-4-20-15-35(16-21(20)12-19)28(36)37-24-8-10-34(2)17-24/h3-7,9,12-14,18,24H,8,10-11,15-17H2,1-2H3,(H,30,31)(H,29,32,33). The van der Waals surface area contributed by atoms with Crippen LogP contribution in [0.1, 0.15) is 36.5 Å². The quantitative estimate of drug-likeness (QED) is 0.538. The molecule has 1 fully saturated rings. The summed E-state index contributed by atoms with van der Waals surface area (Å²) in [5.41, 5.74) is 6.70. The Hall–Kier alpha value is -3.98. The topological polar surface area (TPSA) is 99.3 Å². The summed E-state index contributed by atoms with van der Waals surface area (Å²) in [4.78, 5) is 26.0. The van der Waals surface area contributed by atoms with Gasteiger partial charge in [-0.15, -0.1) is 0 Å². The van der Waals surface area contributed by atoms with Gasteiger partial charge in [0.15, 0.2) is 5.82 Å². The van der Waals surface area contributed by atoms with E-state index in [2.05, 4.69) is 63.7 Å². The zero-order valence-corrected chi connectivity index (χ0v) is 21.1. The Morgan fingerprint density at radius 2 is 2.05 bits per heavy atom. The first-order valence-electron chi connectivity index (χ1n) is 12.8. The monoisotopic (exact) mass is 497 g/mol.